The molecule has 0 saturated carbocycles. The first-order valence-corrected chi connectivity index (χ1v) is 6.32. The summed E-state index contributed by atoms with van der Waals surface area (Å²) in [4.78, 5) is 0. The Kier molecular flexibility index (Phi) is 3.68. The monoisotopic (exact) mass is 349 g/mol. The molecule has 20 heavy (non-hydrogen) atoms. The summed E-state index contributed by atoms with van der Waals surface area (Å²) < 4.78 is 44.7. The molecule has 0 aliphatic rings. The average molecular weight is 350 g/mol. The second-order valence-corrected chi connectivity index (χ2v) is 5.10. The number of alkyl halides is 3. The van der Waals surface area contributed by atoms with Gasteiger partial charge in [-0.1, -0.05) is 0 Å². The Morgan fingerprint density at radius 3 is 2.50 bits per heavy atom. The number of rotatable bonds is 2. The van der Waals surface area contributed by atoms with Crippen molar-refractivity contribution >= 4 is 21.6 Å². The predicted octanol–water partition coefficient (Wildman–Crippen LogP) is 3.88. The van der Waals surface area contributed by atoms with Crippen LogP contribution in [0.25, 0.3) is 0 Å². The van der Waals surface area contributed by atoms with Gasteiger partial charge in [-0.15, -0.1) is 0 Å². The van der Waals surface area contributed by atoms with Gasteiger partial charge >= 0.3 is 6.18 Å². The summed E-state index contributed by atoms with van der Waals surface area (Å²) in [6, 6.07) is 4.25. The zero-order valence-electron chi connectivity index (χ0n) is 10.6. The Hall–Kier alpha value is -1.70. The van der Waals surface area contributed by atoms with E-state index in [0.717, 1.165) is 16.3 Å². The van der Waals surface area contributed by atoms with E-state index in [1.54, 1.807) is 12.1 Å². The van der Waals surface area contributed by atoms with E-state index >= 15 is 0 Å². The van der Waals surface area contributed by atoms with Gasteiger partial charge < -0.3 is 10.5 Å². The minimum Gasteiger partial charge on any atom is -0.437 e. The summed E-state index contributed by atoms with van der Waals surface area (Å²) >= 11 is 3.26. The highest BCUT2D eigenvalue weighted by atomic mass is 79.9. The lowest BCUT2D eigenvalue weighted by Crippen LogP contribution is -2.06. The maximum absolute atomic E-state index is 12.6. The molecule has 0 atom stereocenters. The standard InChI is InChI=1S/C12H11BrF3N3O/c1-6-3-7(13)11(17)8(4-6)20-10-5-9(12(14,15)16)18-19(10)2/h3-5H,17H2,1-2H3. The van der Waals surface area contributed by atoms with E-state index < -0.39 is 11.9 Å². The highest BCUT2D eigenvalue weighted by molar-refractivity contribution is 9.10. The van der Waals surface area contributed by atoms with Crippen LogP contribution in [0.1, 0.15) is 11.3 Å². The Balaban J connectivity index is 2.38. The fraction of sp³-hybridized carbons (Fsp3) is 0.250. The number of anilines is 1. The van der Waals surface area contributed by atoms with Crippen molar-refractivity contribution in [1.29, 1.82) is 0 Å². The molecule has 2 rings (SSSR count). The van der Waals surface area contributed by atoms with Crippen LogP contribution in [0.3, 0.4) is 0 Å². The lowest BCUT2D eigenvalue weighted by atomic mass is 10.2. The van der Waals surface area contributed by atoms with Crippen LogP contribution in [0.4, 0.5) is 18.9 Å². The van der Waals surface area contributed by atoms with Crippen LogP contribution >= 0.6 is 15.9 Å². The third-order valence-electron chi connectivity index (χ3n) is 2.58. The first kappa shape index (κ1) is 14.7. The molecule has 0 unspecified atom stereocenters. The third-order valence-corrected chi connectivity index (χ3v) is 3.23. The molecule has 0 radical (unpaired) electrons. The normalized spacial score (nSPS) is 11.7. The molecule has 108 valence electrons. The Morgan fingerprint density at radius 1 is 1.30 bits per heavy atom. The van der Waals surface area contributed by atoms with Crippen molar-refractivity contribution in [2.45, 2.75) is 13.1 Å². The molecule has 1 aromatic carbocycles. The van der Waals surface area contributed by atoms with Gasteiger partial charge in [-0.25, -0.2) is 4.68 Å². The molecule has 0 bridgehead atoms. The van der Waals surface area contributed by atoms with Gasteiger partial charge in [0.2, 0.25) is 5.88 Å². The number of benzene rings is 1. The van der Waals surface area contributed by atoms with Crippen LogP contribution in [0.15, 0.2) is 22.7 Å². The van der Waals surface area contributed by atoms with Crippen LogP contribution in [-0.2, 0) is 13.2 Å². The van der Waals surface area contributed by atoms with E-state index in [9.17, 15) is 13.2 Å². The molecule has 4 nitrogen and oxygen atoms in total. The highest BCUT2D eigenvalue weighted by Crippen LogP contribution is 2.36. The van der Waals surface area contributed by atoms with Gasteiger partial charge in [0, 0.05) is 17.6 Å². The number of nitrogens with zero attached hydrogens (tertiary/aromatic N) is 2. The SMILES string of the molecule is Cc1cc(Br)c(N)c(Oc2cc(C(F)(F)F)nn2C)c1. The molecule has 0 aliphatic heterocycles. The van der Waals surface area contributed by atoms with Crippen molar-refractivity contribution in [3.05, 3.63) is 33.9 Å². The lowest BCUT2D eigenvalue weighted by molar-refractivity contribution is -0.141. The topological polar surface area (TPSA) is 53.1 Å². The number of aryl methyl sites for hydroxylation is 2. The first-order valence-electron chi connectivity index (χ1n) is 5.53. The number of hydrogen-bond donors (Lipinski definition) is 1. The lowest BCUT2D eigenvalue weighted by Gasteiger charge is -2.10. The average Bonchev–Trinajstić information content (AvgIpc) is 2.67. The van der Waals surface area contributed by atoms with Crippen molar-refractivity contribution in [1.82, 2.24) is 9.78 Å². The van der Waals surface area contributed by atoms with Crippen molar-refractivity contribution in [3.63, 3.8) is 0 Å². The fourth-order valence-electron chi connectivity index (χ4n) is 1.60. The molecule has 2 N–H and O–H groups in total. The number of halogens is 4. The van der Waals surface area contributed by atoms with E-state index in [2.05, 4.69) is 21.0 Å². The van der Waals surface area contributed by atoms with Crippen LogP contribution in [-0.4, -0.2) is 9.78 Å². The highest BCUT2D eigenvalue weighted by Gasteiger charge is 2.35. The summed E-state index contributed by atoms with van der Waals surface area (Å²) in [5.74, 6) is 0.232. The number of nitrogen functional groups attached to an aromatic ring is 1. The number of hydrogen-bond acceptors (Lipinski definition) is 3. The van der Waals surface area contributed by atoms with Gasteiger partial charge in [0.15, 0.2) is 11.4 Å². The number of ether oxygens (including phenoxy) is 1. The fourth-order valence-corrected chi connectivity index (χ4v) is 2.16. The molecule has 1 heterocycles. The minimum absolute atomic E-state index is 0.0403. The molecular formula is C12H11BrF3N3O. The minimum atomic E-state index is -4.52. The molecule has 0 fully saturated rings. The van der Waals surface area contributed by atoms with Crippen molar-refractivity contribution in [2.24, 2.45) is 7.05 Å². The van der Waals surface area contributed by atoms with Crippen LogP contribution in [0, 0.1) is 6.92 Å². The molecular weight excluding hydrogens is 339 g/mol. The van der Waals surface area contributed by atoms with Crippen molar-refractivity contribution < 1.29 is 17.9 Å². The van der Waals surface area contributed by atoms with E-state index in [0.29, 0.717) is 10.2 Å². The van der Waals surface area contributed by atoms with Crippen LogP contribution in [0.5, 0.6) is 11.6 Å². The maximum atomic E-state index is 12.6. The van der Waals surface area contributed by atoms with Crippen molar-refractivity contribution in [3.8, 4) is 11.6 Å². The van der Waals surface area contributed by atoms with Gasteiger partial charge in [-0.3, -0.25) is 0 Å². The maximum Gasteiger partial charge on any atom is 0.435 e. The summed E-state index contributed by atoms with van der Waals surface area (Å²) in [6.07, 6.45) is -4.52. The summed E-state index contributed by atoms with van der Waals surface area (Å²) in [7, 11) is 1.37. The largest absolute Gasteiger partial charge is 0.437 e. The first-order chi connectivity index (χ1) is 9.18. The smallest absolute Gasteiger partial charge is 0.435 e. The third kappa shape index (κ3) is 2.90. The molecule has 0 saturated heterocycles. The Labute approximate surface area is 121 Å². The second-order valence-electron chi connectivity index (χ2n) is 4.25. The zero-order chi connectivity index (χ0) is 15.1. The van der Waals surface area contributed by atoms with Gasteiger partial charge in [-0.05, 0) is 40.5 Å². The van der Waals surface area contributed by atoms with E-state index in [4.69, 9.17) is 10.5 Å². The van der Waals surface area contributed by atoms with E-state index in [-0.39, 0.29) is 11.6 Å². The van der Waals surface area contributed by atoms with Crippen molar-refractivity contribution in [2.75, 3.05) is 5.73 Å². The Morgan fingerprint density at radius 2 is 1.95 bits per heavy atom. The number of aromatic nitrogens is 2. The van der Waals surface area contributed by atoms with Gasteiger partial charge in [0.1, 0.15) is 0 Å². The van der Waals surface area contributed by atoms with Crippen LogP contribution in [0.2, 0.25) is 0 Å². The molecule has 2 aromatic rings. The summed E-state index contributed by atoms with van der Waals surface area (Å²) in [5, 5.41) is 3.37. The summed E-state index contributed by atoms with van der Waals surface area (Å²) in [6.45, 7) is 1.82. The quantitative estimate of drug-likeness (QED) is 0.837. The molecule has 1 aromatic heterocycles. The predicted molar refractivity (Wildman–Crippen MR) is 71.6 cm³/mol. The molecule has 0 spiro atoms. The molecule has 8 heteroatoms. The van der Waals surface area contributed by atoms with Gasteiger partial charge in [0.05, 0.1) is 5.69 Å². The zero-order valence-corrected chi connectivity index (χ0v) is 12.2. The second kappa shape index (κ2) is 5.01. The summed E-state index contributed by atoms with van der Waals surface area (Å²) in [5.41, 5.74) is 5.98. The van der Waals surface area contributed by atoms with Gasteiger partial charge in [0.25, 0.3) is 0 Å². The van der Waals surface area contributed by atoms with E-state index in [1.807, 2.05) is 6.92 Å². The number of nitrogens with two attached hydrogens (primary N) is 1. The van der Waals surface area contributed by atoms with Crippen LogP contribution < -0.4 is 10.5 Å². The molecule has 0 aliphatic carbocycles. The van der Waals surface area contributed by atoms with Gasteiger partial charge in [-0.2, -0.15) is 18.3 Å². The molecule has 0 amide bonds. The van der Waals surface area contributed by atoms with E-state index in [1.165, 1.54) is 7.05 Å². The Bertz CT molecular complexity index is 652.